The fourth-order valence-electron chi connectivity index (χ4n) is 2.00. The van der Waals surface area contributed by atoms with Crippen molar-refractivity contribution in [1.82, 2.24) is 0 Å². The van der Waals surface area contributed by atoms with Gasteiger partial charge in [-0.1, -0.05) is 24.3 Å². The molecule has 0 radical (unpaired) electrons. The largest absolute Gasteiger partial charge is 0.481 e. The minimum atomic E-state index is -1.11. The van der Waals surface area contributed by atoms with E-state index in [9.17, 15) is 9.18 Å². The maximum Gasteiger partial charge on any atom is 0.314 e. The lowest BCUT2D eigenvalue weighted by Gasteiger charge is -2.16. The summed E-state index contributed by atoms with van der Waals surface area (Å²) >= 11 is 0. The van der Waals surface area contributed by atoms with E-state index >= 15 is 0 Å². The predicted octanol–water partition coefficient (Wildman–Crippen LogP) is 2.83. The summed E-state index contributed by atoms with van der Waals surface area (Å²) in [5.41, 5.74) is 0.349. The number of hydrogen-bond acceptors (Lipinski definition) is 1. The third-order valence-electron chi connectivity index (χ3n) is 3.06. The quantitative estimate of drug-likeness (QED) is 0.829. The Bertz CT molecular complexity index is 394. The molecule has 0 bridgehead atoms. The van der Waals surface area contributed by atoms with Crippen LogP contribution in [0.5, 0.6) is 0 Å². The highest BCUT2D eigenvalue weighted by atomic mass is 19.1. The molecule has 1 aliphatic carbocycles. The summed E-state index contributed by atoms with van der Waals surface area (Å²) in [5.74, 6) is -0.837. The van der Waals surface area contributed by atoms with E-state index in [2.05, 4.69) is 0 Å². The fraction of sp³-hybridized carbons (Fsp3) is 0.417. The smallest absolute Gasteiger partial charge is 0.314 e. The first-order chi connectivity index (χ1) is 7.08. The van der Waals surface area contributed by atoms with Crippen molar-refractivity contribution in [2.45, 2.75) is 31.4 Å². The third kappa shape index (κ3) is 1.52. The highest BCUT2D eigenvalue weighted by Crippen LogP contribution is 2.50. The molecule has 80 valence electrons. The first-order valence-corrected chi connectivity index (χ1v) is 5.05. The molecule has 2 rings (SSSR count). The van der Waals surface area contributed by atoms with Gasteiger partial charge in [-0.3, -0.25) is 4.79 Å². The maximum atomic E-state index is 13.3. The number of carbonyl (C=O) groups is 1. The van der Waals surface area contributed by atoms with Crippen LogP contribution in [-0.2, 0) is 10.2 Å². The number of carboxylic acids is 1. The molecule has 1 aromatic rings. The Morgan fingerprint density at radius 2 is 2.07 bits per heavy atom. The summed E-state index contributed by atoms with van der Waals surface area (Å²) in [5, 5.41) is 9.14. The summed E-state index contributed by atoms with van der Waals surface area (Å²) < 4.78 is 13.3. The van der Waals surface area contributed by atoms with Crippen LogP contribution >= 0.6 is 0 Å². The summed E-state index contributed by atoms with van der Waals surface area (Å²) in [6.07, 6.45) is 0.121. The van der Waals surface area contributed by atoms with E-state index in [1.54, 1.807) is 24.3 Å². The molecular weight excluding hydrogens is 195 g/mol. The summed E-state index contributed by atoms with van der Waals surface area (Å²) in [7, 11) is 0. The lowest BCUT2D eigenvalue weighted by Crippen LogP contribution is -2.21. The normalized spacial score (nSPS) is 19.6. The highest BCUT2D eigenvalue weighted by molar-refractivity contribution is 5.85. The molecule has 1 unspecified atom stereocenters. The molecule has 3 heteroatoms. The number of rotatable bonds is 3. The number of alkyl halides is 1. The highest BCUT2D eigenvalue weighted by Gasteiger charge is 2.52. The van der Waals surface area contributed by atoms with E-state index in [1.165, 1.54) is 6.92 Å². The van der Waals surface area contributed by atoms with E-state index in [0.717, 1.165) is 0 Å². The molecule has 0 amide bonds. The Kier molecular flexibility index (Phi) is 2.25. The summed E-state index contributed by atoms with van der Waals surface area (Å²) in [6.45, 7) is 1.44. The zero-order chi connectivity index (χ0) is 11.1. The minimum Gasteiger partial charge on any atom is -0.481 e. The third-order valence-corrected chi connectivity index (χ3v) is 3.06. The van der Waals surface area contributed by atoms with Crippen molar-refractivity contribution >= 4 is 5.97 Å². The van der Waals surface area contributed by atoms with Crippen molar-refractivity contribution in [3.63, 3.8) is 0 Å². The van der Waals surface area contributed by atoms with Crippen LogP contribution in [0, 0.1) is 0 Å². The second-order valence-electron chi connectivity index (χ2n) is 4.09. The zero-order valence-corrected chi connectivity index (χ0v) is 8.53. The van der Waals surface area contributed by atoms with Crippen molar-refractivity contribution < 1.29 is 14.3 Å². The lowest BCUT2D eigenvalue weighted by atomic mass is 9.90. The second-order valence-corrected chi connectivity index (χ2v) is 4.09. The SMILES string of the molecule is CC(F)c1ccccc1C1(C(=O)O)CC1. The second kappa shape index (κ2) is 3.33. The fourth-order valence-corrected chi connectivity index (χ4v) is 2.00. The average Bonchev–Trinajstić information content (AvgIpc) is 2.98. The number of benzene rings is 1. The van der Waals surface area contributed by atoms with Crippen LogP contribution in [0.3, 0.4) is 0 Å². The van der Waals surface area contributed by atoms with E-state index in [-0.39, 0.29) is 0 Å². The molecule has 0 aromatic heterocycles. The van der Waals surface area contributed by atoms with E-state index in [1.807, 2.05) is 0 Å². The van der Waals surface area contributed by atoms with Crippen LogP contribution < -0.4 is 0 Å². The number of aliphatic carboxylic acids is 1. The van der Waals surface area contributed by atoms with Crippen molar-refractivity contribution in [3.05, 3.63) is 35.4 Å². The standard InChI is InChI=1S/C12H13FO2/c1-8(13)9-4-2-3-5-10(9)12(6-7-12)11(14)15/h2-5,8H,6-7H2,1H3,(H,14,15). The van der Waals surface area contributed by atoms with Gasteiger partial charge in [0.05, 0.1) is 5.41 Å². The number of halogens is 1. The van der Waals surface area contributed by atoms with Crippen molar-refractivity contribution in [2.75, 3.05) is 0 Å². The van der Waals surface area contributed by atoms with Crippen LogP contribution in [0.4, 0.5) is 4.39 Å². The minimum absolute atomic E-state index is 0.511. The Hall–Kier alpha value is -1.38. The molecule has 1 atom stereocenters. The van der Waals surface area contributed by atoms with Crippen LogP contribution in [0.15, 0.2) is 24.3 Å². The summed E-state index contributed by atoms with van der Waals surface area (Å²) in [6, 6.07) is 6.91. The molecular formula is C12H13FO2. The molecule has 0 spiro atoms. The van der Waals surface area contributed by atoms with Crippen molar-refractivity contribution in [2.24, 2.45) is 0 Å². The van der Waals surface area contributed by atoms with Gasteiger partial charge in [0.2, 0.25) is 0 Å². The number of hydrogen-bond donors (Lipinski definition) is 1. The predicted molar refractivity (Wildman–Crippen MR) is 54.5 cm³/mol. The van der Waals surface area contributed by atoms with Crippen LogP contribution in [0.25, 0.3) is 0 Å². The molecule has 1 aromatic carbocycles. The molecule has 15 heavy (non-hydrogen) atoms. The molecule has 2 nitrogen and oxygen atoms in total. The van der Waals surface area contributed by atoms with Gasteiger partial charge in [0.15, 0.2) is 0 Å². The Labute approximate surface area is 87.7 Å². The van der Waals surface area contributed by atoms with Crippen LogP contribution in [-0.4, -0.2) is 11.1 Å². The Morgan fingerprint density at radius 1 is 1.47 bits per heavy atom. The van der Waals surface area contributed by atoms with Crippen LogP contribution in [0.1, 0.15) is 37.1 Å². The van der Waals surface area contributed by atoms with Gasteiger partial charge in [-0.05, 0) is 30.9 Å². The van der Waals surface area contributed by atoms with Gasteiger partial charge in [-0.15, -0.1) is 0 Å². The molecule has 0 saturated heterocycles. The van der Waals surface area contributed by atoms with E-state index in [0.29, 0.717) is 24.0 Å². The van der Waals surface area contributed by atoms with Gasteiger partial charge < -0.3 is 5.11 Å². The van der Waals surface area contributed by atoms with Gasteiger partial charge in [-0.25, -0.2) is 4.39 Å². The van der Waals surface area contributed by atoms with Gasteiger partial charge in [-0.2, -0.15) is 0 Å². The molecule has 1 fully saturated rings. The molecule has 0 heterocycles. The van der Waals surface area contributed by atoms with Gasteiger partial charge >= 0.3 is 5.97 Å². The van der Waals surface area contributed by atoms with Gasteiger partial charge in [0.25, 0.3) is 0 Å². The number of carboxylic acid groups (broad SMARTS) is 1. The molecule has 0 aliphatic heterocycles. The summed E-state index contributed by atoms with van der Waals surface area (Å²) in [4.78, 5) is 11.1. The first-order valence-electron chi connectivity index (χ1n) is 5.05. The maximum absolute atomic E-state index is 13.3. The first kappa shape index (κ1) is 10.1. The topological polar surface area (TPSA) is 37.3 Å². The Morgan fingerprint density at radius 3 is 2.53 bits per heavy atom. The van der Waals surface area contributed by atoms with Gasteiger partial charge in [0, 0.05) is 0 Å². The molecule has 1 N–H and O–H groups in total. The van der Waals surface area contributed by atoms with Crippen LogP contribution in [0.2, 0.25) is 0 Å². The molecule has 1 aliphatic rings. The van der Waals surface area contributed by atoms with E-state index < -0.39 is 17.6 Å². The average molecular weight is 208 g/mol. The lowest BCUT2D eigenvalue weighted by molar-refractivity contribution is -0.140. The zero-order valence-electron chi connectivity index (χ0n) is 8.53. The van der Waals surface area contributed by atoms with Gasteiger partial charge in [0.1, 0.15) is 6.17 Å². The van der Waals surface area contributed by atoms with Crippen molar-refractivity contribution in [1.29, 1.82) is 0 Å². The monoisotopic (exact) mass is 208 g/mol. The van der Waals surface area contributed by atoms with Crippen molar-refractivity contribution in [3.8, 4) is 0 Å². The van der Waals surface area contributed by atoms with E-state index in [4.69, 9.17) is 5.11 Å². The molecule has 1 saturated carbocycles. The Balaban J connectivity index is 2.49.